The standard InChI is InChI=1S/C25H37ClN4O3/c26-22-9-4-3-8-21(22)25(32)30-14-12-29(13-15-30)23(20-6-1-2-7-20)24(31)27-10-5-11-28-16-18-33-19-17-28/h3-4,8-9,20,23H,1-2,5-7,10-19H2,(H,27,31)/t23-/m0/s1. The maximum Gasteiger partial charge on any atom is 0.255 e. The van der Waals surface area contributed by atoms with Gasteiger partial charge in [0, 0.05) is 45.8 Å². The number of nitrogens with one attached hydrogen (secondary N) is 1. The Morgan fingerprint density at radius 1 is 1.03 bits per heavy atom. The van der Waals surface area contributed by atoms with Gasteiger partial charge in [-0.25, -0.2) is 0 Å². The van der Waals surface area contributed by atoms with Crippen molar-refractivity contribution in [1.82, 2.24) is 20.0 Å². The van der Waals surface area contributed by atoms with Gasteiger partial charge < -0.3 is 15.0 Å². The number of rotatable bonds is 8. The molecule has 0 radical (unpaired) electrons. The smallest absolute Gasteiger partial charge is 0.255 e. The molecule has 33 heavy (non-hydrogen) atoms. The van der Waals surface area contributed by atoms with Gasteiger partial charge in [0.2, 0.25) is 5.91 Å². The average molecular weight is 477 g/mol. The Labute approximate surface area is 202 Å². The van der Waals surface area contributed by atoms with Crippen molar-refractivity contribution in [2.24, 2.45) is 5.92 Å². The Hall–Kier alpha value is -1.67. The molecule has 182 valence electrons. The summed E-state index contributed by atoms with van der Waals surface area (Å²) in [5.74, 6) is 0.551. The predicted molar refractivity (Wildman–Crippen MR) is 130 cm³/mol. The zero-order valence-electron chi connectivity index (χ0n) is 19.5. The first-order valence-electron chi connectivity index (χ1n) is 12.5. The first-order chi connectivity index (χ1) is 16.1. The molecular weight excluding hydrogens is 440 g/mol. The summed E-state index contributed by atoms with van der Waals surface area (Å²) in [6.45, 7) is 7.98. The molecular formula is C25H37ClN4O3. The zero-order chi connectivity index (χ0) is 23.0. The Morgan fingerprint density at radius 3 is 2.42 bits per heavy atom. The van der Waals surface area contributed by atoms with Crippen molar-refractivity contribution in [3.8, 4) is 0 Å². The molecule has 3 aliphatic rings. The minimum atomic E-state index is -0.0894. The van der Waals surface area contributed by atoms with Gasteiger partial charge in [-0.2, -0.15) is 0 Å². The van der Waals surface area contributed by atoms with E-state index in [1.807, 2.05) is 17.0 Å². The Morgan fingerprint density at radius 2 is 1.73 bits per heavy atom. The number of amides is 2. The Kier molecular flexibility index (Phi) is 9.01. The van der Waals surface area contributed by atoms with Crippen molar-refractivity contribution in [3.05, 3.63) is 34.9 Å². The van der Waals surface area contributed by atoms with Gasteiger partial charge in [-0.05, 0) is 43.9 Å². The van der Waals surface area contributed by atoms with Crippen LogP contribution in [0.4, 0.5) is 0 Å². The number of halogens is 1. The highest BCUT2D eigenvalue weighted by molar-refractivity contribution is 6.33. The van der Waals surface area contributed by atoms with E-state index < -0.39 is 0 Å². The summed E-state index contributed by atoms with van der Waals surface area (Å²) in [4.78, 5) is 32.8. The summed E-state index contributed by atoms with van der Waals surface area (Å²) in [7, 11) is 0. The fourth-order valence-corrected chi connectivity index (χ4v) is 5.62. The molecule has 1 N–H and O–H groups in total. The normalized spacial score (nSPS) is 21.8. The summed E-state index contributed by atoms with van der Waals surface area (Å²) in [6.07, 6.45) is 5.60. The second-order valence-corrected chi connectivity index (χ2v) is 9.80. The highest BCUT2D eigenvalue weighted by atomic mass is 35.5. The molecule has 2 amide bonds. The topological polar surface area (TPSA) is 65.1 Å². The fourth-order valence-electron chi connectivity index (χ4n) is 5.40. The molecule has 1 aromatic rings. The van der Waals surface area contributed by atoms with Crippen LogP contribution in [0.3, 0.4) is 0 Å². The summed E-state index contributed by atoms with van der Waals surface area (Å²) < 4.78 is 5.41. The van der Waals surface area contributed by atoms with Crippen molar-refractivity contribution in [2.75, 3.05) is 65.6 Å². The number of piperazine rings is 1. The van der Waals surface area contributed by atoms with Gasteiger partial charge in [0.05, 0.1) is 29.8 Å². The SMILES string of the molecule is O=C(NCCCN1CCOCC1)[C@H](C1CCCC1)N1CCN(C(=O)c2ccccc2Cl)CC1. The van der Waals surface area contributed by atoms with Crippen LogP contribution in [0.5, 0.6) is 0 Å². The van der Waals surface area contributed by atoms with Crippen molar-refractivity contribution in [2.45, 2.75) is 38.1 Å². The third kappa shape index (κ3) is 6.47. The number of ether oxygens (including phenoxy) is 1. The molecule has 2 saturated heterocycles. The molecule has 1 atom stereocenters. The summed E-state index contributed by atoms with van der Waals surface area (Å²) in [5, 5.41) is 3.72. The second kappa shape index (κ2) is 12.2. The Bertz CT molecular complexity index is 788. The van der Waals surface area contributed by atoms with E-state index in [1.165, 1.54) is 12.8 Å². The molecule has 0 aromatic heterocycles. The lowest BCUT2D eigenvalue weighted by Crippen LogP contribution is -2.58. The lowest BCUT2D eigenvalue weighted by molar-refractivity contribution is -0.129. The van der Waals surface area contributed by atoms with Gasteiger partial charge >= 0.3 is 0 Å². The average Bonchev–Trinajstić information content (AvgIpc) is 3.37. The van der Waals surface area contributed by atoms with Gasteiger partial charge in [-0.15, -0.1) is 0 Å². The summed E-state index contributed by atoms with van der Waals surface area (Å²) in [5.41, 5.74) is 0.554. The van der Waals surface area contributed by atoms with Crippen LogP contribution in [0.15, 0.2) is 24.3 Å². The number of hydrogen-bond donors (Lipinski definition) is 1. The highest BCUT2D eigenvalue weighted by Crippen LogP contribution is 2.31. The molecule has 1 aliphatic carbocycles. The van der Waals surface area contributed by atoms with Crippen molar-refractivity contribution < 1.29 is 14.3 Å². The minimum absolute atomic E-state index is 0.0229. The van der Waals surface area contributed by atoms with Gasteiger partial charge in [-0.1, -0.05) is 36.6 Å². The van der Waals surface area contributed by atoms with Gasteiger partial charge in [0.15, 0.2) is 0 Å². The summed E-state index contributed by atoms with van der Waals surface area (Å²) >= 11 is 6.24. The lowest BCUT2D eigenvalue weighted by atomic mass is 9.95. The fraction of sp³-hybridized carbons (Fsp3) is 0.680. The molecule has 0 bridgehead atoms. The second-order valence-electron chi connectivity index (χ2n) is 9.40. The number of hydrogen-bond acceptors (Lipinski definition) is 5. The molecule has 2 heterocycles. The van der Waals surface area contributed by atoms with E-state index in [-0.39, 0.29) is 17.9 Å². The van der Waals surface area contributed by atoms with Crippen LogP contribution >= 0.6 is 11.6 Å². The molecule has 1 aromatic carbocycles. The van der Waals surface area contributed by atoms with E-state index >= 15 is 0 Å². The van der Waals surface area contributed by atoms with E-state index in [0.717, 1.165) is 65.2 Å². The molecule has 8 heteroatoms. The van der Waals surface area contributed by atoms with E-state index in [4.69, 9.17) is 16.3 Å². The minimum Gasteiger partial charge on any atom is -0.379 e. The Balaban J connectivity index is 1.29. The van der Waals surface area contributed by atoms with Crippen LogP contribution in [-0.4, -0.2) is 98.1 Å². The lowest BCUT2D eigenvalue weighted by Gasteiger charge is -2.41. The van der Waals surface area contributed by atoms with Crippen LogP contribution in [0.2, 0.25) is 5.02 Å². The quantitative estimate of drug-likeness (QED) is 0.584. The van der Waals surface area contributed by atoms with Gasteiger partial charge in [0.25, 0.3) is 5.91 Å². The van der Waals surface area contributed by atoms with Crippen molar-refractivity contribution in [1.29, 1.82) is 0 Å². The van der Waals surface area contributed by atoms with Gasteiger partial charge in [-0.3, -0.25) is 19.4 Å². The van der Waals surface area contributed by atoms with Crippen molar-refractivity contribution >= 4 is 23.4 Å². The third-order valence-corrected chi connectivity index (χ3v) is 7.60. The molecule has 4 rings (SSSR count). The van der Waals surface area contributed by atoms with E-state index in [2.05, 4.69) is 15.1 Å². The zero-order valence-corrected chi connectivity index (χ0v) is 20.3. The maximum absolute atomic E-state index is 13.3. The molecule has 3 fully saturated rings. The van der Waals surface area contributed by atoms with E-state index in [9.17, 15) is 9.59 Å². The molecule has 2 aliphatic heterocycles. The van der Waals surface area contributed by atoms with Crippen LogP contribution in [0, 0.1) is 5.92 Å². The van der Waals surface area contributed by atoms with Crippen LogP contribution < -0.4 is 5.32 Å². The predicted octanol–water partition coefficient (Wildman–Crippen LogP) is 2.50. The largest absolute Gasteiger partial charge is 0.379 e. The molecule has 7 nitrogen and oxygen atoms in total. The molecule has 0 unspecified atom stereocenters. The third-order valence-electron chi connectivity index (χ3n) is 7.27. The monoisotopic (exact) mass is 476 g/mol. The maximum atomic E-state index is 13.3. The number of carbonyl (C=O) groups excluding carboxylic acids is 2. The molecule has 0 spiro atoms. The van der Waals surface area contributed by atoms with Crippen molar-refractivity contribution in [3.63, 3.8) is 0 Å². The van der Waals surface area contributed by atoms with Crippen LogP contribution in [0.1, 0.15) is 42.5 Å². The number of nitrogens with zero attached hydrogens (tertiary/aromatic N) is 3. The van der Waals surface area contributed by atoms with E-state index in [1.54, 1.807) is 12.1 Å². The van der Waals surface area contributed by atoms with Gasteiger partial charge in [0.1, 0.15) is 0 Å². The first kappa shape index (κ1) is 24.5. The highest BCUT2D eigenvalue weighted by Gasteiger charge is 2.37. The first-order valence-corrected chi connectivity index (χ1v) is 12.9. The number of benzene rings is 1. The molecule has 1 saturated carbocycles. The van der Waals surface area contributed by atoms with E-state index in [0.29, 0.717) is 36.1 Å². The number of morpholine rings is 1. The number of carbonyl (C=O) groups is 2. The van der Waals surface area contributed by atoms with Crippen LogP contribution in [0.25, 0.3) is 0 Å². The van der Waals surface area contributed by atoms with Crippen LogP contribution in [-0.2, 0) is 9.53 Å². The summed E-state index contributed by atoms with van der Waals surface area (Å²) in [6, 6.07) is 7.12.